The van der Waals surface area contributed by atoms with Crippen molar-refractivity contribution in [2.45, 2.75) is 13.0 Å². The van der Waals surface area contributed by atoms with Crippen LogP contribution in [0.15, 0.2) is 18.2 Å². The smallest absolute Gasteiger partial charge is 0.342 e. The number of amides is 1. The van der Waals surface area contributed by atoms with E-state index in [-0.39, 0.29) is 12.3 Å². The molecular formula is C13H12FNO4. The van der Waals surface area contributed by atoms with Crippen LogP contribution < -0.4 is 10.1 Å². The fourth-order valence-corrected chi connectivity index (χ4v) is 1.34. The van der Waals surface area contributed by atoms with Crippen LogP contribution >= 0.6 is 0 Å². The second-order valence-electron chi connectivity index (χ2n) is 3.60. The summed E-state index contributed by atoms with van der Waals surface area (Å²) >= 11 is 0. The number of terminal acetylenes is 1. The largest absolute Gasteiger partial charge is 0.480 e. The van der Waals surface area contributed by atoms with Crippen molar-refractivity contribution in [2.75, 3.05) is 6.54 Å². The van der Waals surface area contributed by atoms with E-state index in [0.29, 0.717) is 0 Å². The quantitative estimate of drug-likeness (QED) is 0.780. The van der Waals surface area contributed by atoms with E-state index in [2.05, 4.69) is 11.2 Å². The fourth-order valence-electron chi connectivity index (χ4n) is 1.34. The van der Waals surface area contributed by atoms with Crippen LogP contribution in [0.5, 0.6) is 5.75 Å². The summed E-state index contributed by atoms with van der Waals surface area (Å²) in [6.45, 7) is 1.43. The number of hydrogen-bond acceptors (Lipinski definition) is 3. The molecule has 0 saturated carbocycles. The van der Waals surface area contributed by atoms with Crippen molar-refractivity contribution in [1.29, 1.82) is 0 Å². The third-order valence-corrected chi connectivity index (χ3v) is 2.23. The number of ether oxygens (including phenoxy) is 1. The molecule has 1 unspecified atom stereocenters. The number of nitrogens with one attached hydrogen (secondary N) is 1. The molecule has 1 aromatic rings. The molecule has 0 aliphatic heterocycles. The summed E-state index contributed by atoms with van der Waals surface area (Å²) in [4.78, 5) is 22.4. The second-order valence-corrected chi connectivity index (χ2v) is 3.60. The van der Waals surface area contributed by atoms with Crippen LogP contribution in [-0.2, 0) is 4.79 Å². The lowest BCUT2D eigenvalue weighted by atomic mass is 10.2. The number of benzene rings is 1. The van der Waals surface area contributed by atoms with Gasteiger partial charge >= 0.3 is 5.97 Å². The van der Waals surface area contributed by atoms with E-state index in [1.54, 1.807) is 0 Å². The zero-order chi connectivity index (χ0) is 14.4. The molecule has 0 aliphatic rings. The maximum Gasteiger partial charge on any atom is 0.342 e. The number of hydrogen-bond donors (Lipinski definition) is 2. The Hall–Kier alpha value is -2.55. The molecule has 1 aromatic carbocycles. The van der Waals surface area contributed by atoms with Crippen molar-refractivity contribution < 1.29 is 23.8 Å². The topological polar surface area (TPSA) is 75.6 Å². The van der Waals surface area contributed by atoms with Crippen molar-refractivity contribution in [3.8, 4) is 18.1 Å². The molecule has 0 bridgehead atoms. The Balaban J connectivity index is 2.88. The Morgan fingerprint density at radius 1 is 1.58 bits per heavy atom. The van der Waals surface area contributed by atoms with Crippen molar-refractivity contribution in [3.05, 3.63) is 29.6 Å². The van der Waals surface area contributed by atoms with E-state index in [9.17, 15) is 14.0 Å². The van der Waals surface area contributed by atoms with Crippen molar-refractivity contribution >= 4 is 11.9 Å². The monoisotopic (exact) mass is 265 g/mol. The zero-order valence-electron chi connectivity index (χ0n) is 10.1. The Morgan fingerprint density at radius 3 is 2.84 bits per heavy atom. The average Bonchev–Trinajstić information content (AvgIpc) is 2.35. The van der Waals surface area contributed by atoms with Crippen LogP contribution in [0.1, 0.15) is 17.3 Å². The molecule has 0 aliphatic carbocycles. The molecule has 0 heterocycles. The lowest BCUT2D eigenvalue weighted by Crippen LogP contribution is -2.36. The summed E-state index contributed by atoms with van der Waals surface area (Å²) in [5.74, 6) is -0.911. The molecule has 100 valence electrons. The van der Waals surface area contributed by atoms with Crippen LogP contribution in [0, 0.1) is 18.2 Å². The van der Waals surface area contributed by atoms with Gasteiger partial charge in [0.2, 0.25) is 0 Å². The van der Waals surface area contributed by atoms with Gasteiger partial charge in [0.1, 0.15) is 17.1 Å². The second kappa shape index (κ2) is 6.40. The first-order valence-electron chi connectivity index (χ1n) is 5.37. The van der Waals surface area contributed by atoms with Gasteiger partial charge in [-0.3, -0.25) is 4.79 Å². The molecule has 0 fully saturated rings. The number of carbonyl (C=O) groups excluding carboxylic acids is 1. The van der Waals surface area contributed by atoms with Gasteiger partial charge in [-0.25, -0.2) is 9.18 Å². The van der Waals surface area contributed by atoms with Crippen LogP contribution in [-0.4, -0.2) is 29.6 Å². The molecule has 0 aromatic heterocycles. The molecular weight excluding hydrogens is 253 g/mol. The molecule has 1 atom stereocenters. The van der Waals surface area contributed by atoms with Gasteiger partial charge in [0, 0.05) is 0 Å². The van der Waals surface area contributed by atoms with Gasteiger partial charge in [-0.1, -0.05) is 12.0 Å². The van der Waals surface area contributed by atoms with Crippen LogP contribution in [0.4, 0.5) is 4.39 Å². The number of carbonyl (C=O) groups is 2. The van der Waals surface area contributed by atoms with Gasteiger partial charge in [-0.2, -0.15) is 0 Å². The van der Waals surface area contributed by atoms with Gasteiger partial charge < -0.3 is 15.2 Å². The Kier molecular flexibility index (Phi) is 4.89. The zero-order valence-corrected chi connectivity index (χ0v) is 10.1. The highest BCUT2D eigenvalue weighted by Crippen LogP contribution is 2.22. The third kappa shape index (κ3) is 3.71. The van der Waals surface area contributed by atoms with Gasteiger partial charge in [-0.15, -0.1) is 6.42 Å². The highest BCUT2D eigenvalue weighted by atomic mass is 19.1. The van der Waals surface area contributed by atoms with E-state index in [0.717, 1.165) is 6.07 Å². The predicted octanol–water partition coefficient (Wildman–Crippen LogP) is 1.04. The lowest BCUT2D eigenvalue weighted by Gasteiger charge is -2.15. The number of aromatic carboxylic acids is 1. The standard InChI is InChI=1S/C13H12FNO4/c1-3-7-15-12(16)8(2)19-10-6-4-5-9(14)11(10)13(17)18/h1,4-6,8H,7H2,2H3,(H,15,16)(H,17,18). The highest BCUT2D eigenvalue weighted by molar-refractivity contribution is 5.91. The van der Waals surface area contributed by atoms with Gasteiger partial charge in [-0.05, 0) is 19.1 Å². The predicted molar refractivity (Wildman–Crippen MR) is 65.3 cm³/mol. The first-order chi connectivity index (χ1) is 8.97. The normalized spacial score (nSPS) is 11.2. The van der Waals surface area contributed by atoms with Crippen LogP contribution in [0.3, 0.4) is 0 Å². The van der Waals surface area contributed by atoms with Crippen LogP contribution in [0.2, 0.25) is 0 Å². The van der Waals surface area contributed by atoms with E-state index in [1.165, 1.54) is 19.1 Å². The van der Waals surface area contributed by atoms with Crippen molar-refractivity contribution in [1.82, 2.24) is 5.32 Å². The minimum absolute atomic E-state index is 0.0292. The number of halogens is 1. The molecule has 1 rings (SSSR count). The fraction of sp³-hybridized carbons (Fsp3) is 0.231. The van der Waals surface area contributed by atoms with Gasteiger partial charge in [0.25, 0.3) is 5.91 Å². The first kappa shape index (κ1) is 14.5. The summed E-state index contributed by atoms with van der Waals surface area (Å²) in [6, 6.07) is 3.57. The van der Waals surface area contributed by atoms with Crippen molar-refractivity contribution in [3.63, 3.8) is 0 Å². The minimum Gasteiger partial charge on any atom is -0.480 e. The number of carboxylic acids is 1. The van der Waals surface area contributed by atoms with E-state index >= 15 is 0 Å². The first-order valence-corrected chi connectivity index (χ1v) is 5.37. The van der Waals surface area contributed by atoms with E-state index < -0.39 is 29.4 Å². The summed E-state index contributed by atoms with van der Waals surface area (Å²) in [5, 5.41) is 11.3. The van der Waals surface area contributed by atoms with Crippen molar-refractivity contribution in [2.24, 2.45) is 0 Å². The molecule has 0 spiro atoms. The summed E-state index contributed by atoms with van der Waals surface area (Å²) in [6.07, 6.45) is 3.99. The summed E-state index contributed by atoms with van der Waals surface area (Å²) < 4.78 is 18.5. The molecule has 0 saturated heterocycles. The van der Waals surface area contributed by atoms with Gasteiger partial charge in [0.05, 0.1) is 6.54 Å². The molecule has 6 heteroatoms. The molecule has 19 heavy (non-hydrogen) atoms. The minimum atomic E-state index is -1.47. The average molecular weight is 265 g/mol. The Morgan fingerprint density at radius 2 is 2.26 bits per heavy atom. The molecule has 2 N–H and O–H groups in total. The molecule has 1 amide bonds. The highest BCUT2D eigenvalue weighted by Gasteiger charge is 2.21. The Labute approximate surface area is 109 Å². The van der Waals surface area contributed by atoms with Gasteiger partial charge in [0.15, 0.2) is 6.10 Å². The number of rotatable bonds is 5. The van der Waals surface area contributed by atoms with Crippen LogP contribution in [0.25, 0.3) is 0 Å². The summed E-state index contributed by atoms with van der Waals surface area (Å²) in [7, 11) is 0. The Bertz CT molecular complexity index is 536. The summed E-state index contributed by atoms with van der Waals surface area (Å²) in [5.41, 5.74) is -0.612. The SMILES string of the molecule is C#CCNC(=O)C(C)Oc1cccc(F)c1C(=O)O. The number of carboxylic acid groups (broad SMARTS) is 1. The maximum absolute atomic E-state index is 13.4. The lowest BCUT2D eigenvalue weighted by molar-refractivity contribution is -0.127. The molecule has 0 radical (unpaired) electrons. The van der Waals surface area contributed by atoms with E-state index in [1.807, 2.05) is 0 Å². The van der Waals surface area contributed by atoms with E-state index in [4.69, 9.17) is 16.3 Å². The third-order valence-electron chi connectivity index (χ3n) is 2.23. The maximum atomic E-state index is 13.4. The molecule has 5 nitrogen and oxygen atoms in total.